The molecule has 0 aliphatic rings. The molecule has 0 fully saturated rings. The van der Waals surface area contributed by atoms with E-state index in [2.05, 4.69) is 0 Å². The molecule has 0 atom stereocenters. The predicted molar refractivity (Wildman–Crippen MR) is 50.1 cm³/mol. The summed E-state index contributed by atoms with van der Waals surface area (Å²) in [5.41, 5.74) is 0. The van der Waals surface area contributed by atoms with Gasteiger partial charge in [-0.25, -0.2) is 0 Å². The van der Waals surface area contributed by atoms with Gasteiger partial charge in [0.15, 0.2) is 0 Å². The van der Waals surface area contributed by atoms with Crippen molar-refractivity contribution >= 4 is 7.60 Å². The highest BCUT2D eigenvalue weighted by molar-refractivity contribution is 7.53. The number of hydroxylamine groups is 2. The summed E-state index contributed by atoms with van der Waals surface area (Å²) in [7, 11) is -1.49. The molecule has 0 unspecified atom stereocenters. The predicted octanol–water partition coefficient (Wildman–Crippen LogP) is 1.57. The highest BCUT2D eigenvalue weighted by atomic mass is 31.2. The highest BCUT2D eigenvalue weighted by Gasteiger charge is 2.23. The normalized spacial score (nSPS) is 12.4. The van der Waals surface area contributed by atoms with E-state index in [9.17, 15) is 4.57 Å². The van der Waals surface area contributed by atoms with Gasteiger partial charge in [-0.2, -0.15) is 5.06 Å². The summed E-state index contributed by atoms with van der Waals surface area (Å²) in [4.78, 5) is 0. The first-order valence-electron chi connectivity index (χ1n) is 4.32. The van der Waals surface area contributed by atoms with Crippen molar-refractivity contribution < 1.29 is 18.8 Å². The number of nitrogens with zero attached hydrogens (tertiary/aromatic N) is 1. The Hall–Kier alpha value is 0.0700. The van der Waals surface area contributed by atoms with Gasteiger partial charge in [-0.05, 0) is 13.8 Å². The van der Waals surface area contributed by atoms with Gasteiger partial charge >= 0.3 is 7.60 Å². The van der Waals surface area contributed by atoms with Crippen LogP contribution < -0.4 is 0 Å². The highest BCUT2D eigenvalue weighted by Crippen LogP contribution is 2.47. The zero-order valence-electron chi connectivity index (χ0n) is 8.39. The number of rotatable bonds is 7. The van der Waals surface area contributed by atoms with E-state index >= 15 is 0 Å². The van der Waals surface area contributed by atoms with Crippen LogP contribution >= 0.6 is 7.60 Å². The Labute approximate surface area is 79.1 Å². The third kappa shape index (κ3) is 6.18. The van der Waals surface area contributed by atoms with Crippen LogP contribution in [-0.2, 0) is 13.6 Å². The molecule has 0 aromatic heterocycles. The topological polar surface area (TPSA) is 59.0 Å². The third-order valence-corrected chi connectivity index (χ3v) is 3.40. The molecule has 0 aliphatic heterocycles. The molecule has 13 heavy (non-hydrogen) atoms. The minimum Gasteiger partial charge on any atom is -0.314 e. The van der Waals surface area contributed by atoms with Crippen LogP contribution in [-0.4, -0.2) is 43.2 Å². The van der Waals surface area contributed by atoms with Crippen LogP contribution in [0, 0.1) is 0 Å². The Kier molecular flexibility index (Phi) is 6.55. The fourth-order valence-corrected chi connectivity index (χ4v) is 2.48. The second kappa shape index (κ2) is 6.51. The molecule has 0 aliphatic carbocycles. The molecule has 6 heteroatoms. The second-order valence-corrected chi connectivity index (χ2v) is 4.74. The van der Waals surface area contributed by atoms with Crippen molar-refractivity contribution in [3.8, 4) is 0 Å². The van der Waals surface area contributed by atoms with Crippen LogP contribution in [0.4, 0.5) is 0 Å². The van der Waals surface area contributed by atoms with Crippen molar-refractivity contribution in [3.05, 3.63) is 0 Å². The molecule has 0 saturated heterocycles. The molecule has 0 aromatic rings. The first-order valence-corrected chi connectivity index (χ1v) is 6.05. The zero-order valence-corrected chi connectivity index (χ0v) is 9.29. The van der Waals surface area contributed by atoms with E-state index in [-0.39, 0.29) is 12.7 Å². The lowest BCUT2D eigenvalue weighted by Gasteiger charge is -2.18. The monoisotopic (exact) mass is 211 g/mol. The average Bonchev–Trinajstić information content (AvgIpc) is 2.02. The first-order chi connectivity index (χ1) is 6.04. The van der Waals surface area contributed by atoms with Gasteiger partial charge < -0.3 is 14.3 Å². The van der Waals surface area contributed by atoms with Gasteiger partial charge in [-0.15, -0.1) is 0 Å². The van der Waals surface area contributed by atoms with E-state index in [1.807, 2.05) is 0 Å². The molecule has 1 N–H and O–H groups in total. The zero-order chi connectivity index (χ0) is 10.3. The Bertz CT molecular complexity index is 164. The fraction of sp³-hybridized carbons (Fsp3) is 1.00. The Morgan fingerprint density at radius 2 is 1.77 bits per heavy atom. The van der Waals surface area contributed by atoms with Crippen LogP contribution in [0.25, 0.3) is 0 Å². The lowest BCUT2D eigenvalue weighted by atomic mass is 10.7. The van der Waals surface area contributed by atoms with Gasteiger partial charge in [-0.1, -0.05) is 0 Å². The van der Waals surface area contributed by atoms with Crippen LogP contribution in [0.15, 0.2) is 0 Å². The van der Waals surface area contributed by atoms with Crippen LogP contribution in [0.1, 0.15) is 13.8 Å². The summed E-state index contributed by atoms with van der Waals surface area (Å²) in [5.74, 6) is 0. The van der Waals surface area contributed by atoms with Gasteiger partial charge in [0.1, 0.15) is 0 Å². The molecule has 0 heterocycles. The Morgan fingerprint density at radius 1 is 1.31 bits per heavy atom. The van der Waals surface area contributed by atoms with E-state index in [4.69, 9.17) is 14.3 Å². The summed E-state index contributed by atoms with van der Waals surface area (Å²) in [6, 6.07) is 0. The van der Waals surface area contributed by atoms with Crippen molar-refractivity contribution in [2.45, 2.75) is 13.8 Å². The van der Waals surface area contributed by atoms with Crippen LogP contribution in [0.3, 0.4) is 0 Å². The summed E-state index contributed by atoms with van der Waals surface area (Å²) in [6.07, 6.45) is 0.210. The smallest absolute Gasteiger partial charge is 0.314 e. The molecule has 0 aromatic carbocycles. The van der Waals surface area contributed by atoms with Gasteiger partial charge in [0, 0.05) is 13.6 Å². The molecule has 0 bridgehead atoms. The molecule has 0 saturated carbocycles. The quantitative estimate of drug-likeness (QED) is 0.511. The van der Waals surface area contributed by atoms with E-state index in [0.29, 0.717) is 13.2 Å². The molecular formula is C7H18NO4P. The van der Waals surface area contributed by atoms with Gasteiger partial charge in [0.25, 0.3) is 0 Å². The lowest BCUT2D eigenvalue weighted by molar-refractivity contribution is -0.0599. The maximum absolute atomic E-state index is 11.7. The molecule has 5 nitrogen and oxygen atoms in total. The lowest BCUT2D eigenvalue weighted by Crippen LogP contribution is -2.18. The molecular weight excluding hydrogens is 193 g/mol. The van der Waals surface area contributed by atoms with Crippen molar-refractivity contribution in [3.63, 3.8) is 0 Å². The minimum absolute atomic E-state index is 0.210. The molecule has 0 amide bonds. The van der Waals surface area contributed by atoms with Crippen LogP contribution in [0.2, 0.25) is 0 Å². The first kappa shape index (κ1) is 13.1. The standard InChI is InChI=1S/C7H18NO4P/c1-4-11-13(10,12-5-2)7-6-8(3)9/h9H,4-7H2,1-3H3. The van der Waals surface area contributed by atoms with Crippen LogP contribution in [0.5, 0.6) is 0 Å². The van der Waals surface area contributed by atoms with Gasteiger partial charge in [0.2, 0.25) is 0 Å². The average molecular weight is 211 g/mol. The van der Waals surface area contributed by atoms with Crippen molar-refractivity contribution in [2.75, 3.05) is 33.0 Å². The van der Waals surface area contributed by atoms with E-state index in [0.717, 1.165) is 5.06 Å². The summed E-state index contributed by atoms with van der Waals surface area (Å²) in [6.45, 7) is 4.50. The minimum atomic E-state index is -2.97. The van der Waals surface area contributed by atoms with E-state index in [1.54, 1.807) is 13.8 Å². The van der Waals surface area contributed by atoms with E-state index < -0.39 is 7.60 Å². The van der Waals surface area contributed by atoms with E-state index in [1.165, 1.54) is 7.05 Å². The fourth-order valence-electron chi connectivity index (χ4n) is 0.827. The van der Waals surface area contributed by atoms with Gasteiger partial charge in [0.05, 0.1) is 19.4 Å². The second-order valence-electron chi connectivity index (χ2n) is 2.55. The SMILES string of the molecule is CCOP(=O)(CCN(C)O)OCC. The Balaban J connectivity index is 3.99. The summed E-state index contributed by atoms with van der Waals surface area (Å²) < 4.78 is 21.8. The number of hydrogen-bond acceptors (Lipinski definition) is 5. The summed E-state index contributed by atoms with van der Waals surface area (Å²) in [5, 5.41) is 9.82. The largest absolute Gasteiger partial charge is 0.332 e. The Morgan fingerprint density at radius 3 is 2.08 bits per heavy atom. The molecule has 0 spiro atoms. The molecule has 0 radical (unpaired) electrons. The van der Waals surface area contributed by atoms with Crippen molar-refractivity contribution in [1.82, 2.24) is 5.06 Å². The number of hydrogen-bond donors (Lipinski definition) is 1. The summed E-state index contributed by atoms with van der Waals surface area (Å²) >= 11 is 0. The molecule has 80 valence electrons. The molecule has 0 rings (SSSR count). The van der Waals surface area contributed by atoms with Gasteiger partial charge in [-0.3, -0.25) is 4.57 Å². The van der Waals surface area contributed by atoms with Crippen molar-refractivity contribution in [1.29, 1.82) is 0 Å². The maximum atomic E-state index is 11.7. The third-order valence-electron chi connectivity index (χ3n) is 1.35. The maximum Gasteiger partial charge on any atom is 0.332 e. The van der Waals surface area contributed by atoms with Crippen molar-refractivity contribution in [2.24, 2.45) is 0 Å².